The zero-order chi connectivity index (χ0) is 16.0. The molecule has 1 fully saturated rings. The van der Waals surface area contributed by atoms with Gasteiger partial charge in [-0.25, -0.2) is 0 Å². The van der Waals surface area contributed by atoms with Crippen LogP contribution in [0.1, 0.15) is 24.8 Å². The van der Waals surface area contributed by atoms with E-state index in [4.69, 9.17) is 15.7 Å². The molecule has 23 heavy (non-hydrogen) atoms. The van der Waals surface area contributed by atoms with Gasteiger partial charge in [-0.3, -0.25) is 9.69 Å². The highest BCUT2D eigenvalue weighted by Gasteiger charge is 2.34. The molecule has 1 saturated heterocycles. The van der Waals surface area contributed by atoms with E-state index in [1.54, 1.807) is 0 Å². The number of benzene rings is 1. The number of carbonyl (C=O) groups is 1. The number of ether oxygens (including phenoxy) is 1. The summed E-state index contributed by atoms with van der Waals surface area (Å²) in [5.74, 6) is 0.192. The molecule has 2 rings (SSSR count). The van der Waals surface area contributed by atoms with Crippen LogP contribution in [0.25, 0.3) is 0 Å². The van der Waals surface area contributed by atoms with Gasteiger partial charge in [-0.2, -0.15) is 5.26 Å². The molecule has 1 aromatic carbocycles. The summed E-state index contributed by atoms with van der Waals surface area (Å²) in [6.07, 6.45) is 1.45. The topological polar surface area (TPSA) is 99.6 Å². The van der Waals surface area contributed by atoms with Crippen LogP contribution in [0, 0.1) is 11.3 Å². The Hall–Kier alpha value is -1.37. The molecule has 1 aliphatic rings. The molecule has 6 nitrogen and oxygen atoms in total. The maximum Gasteiger partial charge on any atom is 0.220 e. The molecule has 126 valence electrons. The van der Waals surface area contributed by atoms with Crippen molar-refractivity contribution in [1.29, 1.82) is 5.26 Å². The summed E-state index contributed by atoms with van der Waals surface area (Å²) in [7, 11) is 0. The highest BCUT2D eigenvalue weighted by molar-refractivity contribution is 14.0. The summed E-state index contributed by atoms with van der Waals surface area (Å²) in [6.45, 7) is 2.06. The Morgan fingerprint density at radius 3 is 2.74 bits per heavy atom. The molecule has 7 heteroatoms. The average Bonchev–Trinajstić information content (AvgIpc) is 2.45. The van der Waals surface area contributed by atoms with Gasteiger partial charge in [0.1, 0.15) is 11.8 Å². The van der Waals surface area contributed by atoms with Crippen molar-refractivity contribution < 1.29 is 14.6 Å². The van der Waals surface area contributed by atoms with Crippen molar-refractivity contribution >= 4 is 29.9 Å². The molecule has 3 N–H and O–H groups in total. The first-order valence-electron chi connectivity index (χ1n) is 7.32. The van der Waals surface area contributed by atoms with E-state index in [-0.39, 0.29) is 37.0 Å². The zero-order valence-corrected chi connectivity index (χ0v) is 15.2. The van der Waals surface area contributed by atoms with Crippen molar-refractivity contribution in [1.82, 2.24) is 4.90 Å². The molecule has 0 spiro atoms. The molecule has 0 aromatic heterocycles. The monoisotopic (exact) mass is 431 g/mol. The molecule has 0 saturated carbocycles. The Bertz CT molecular complexity index is 559. The number of nitriles is 1. The molecule has 0 aliphatic carbocycles. The van der Waals surface area contributed by atoms with E-state index in [1.165, 1.54) is 0 Å². The standard InChI is InChI=1S/C16H21N3O3.HI/c17-7-9-22-14-4-2-13(3-5-14)11-19-8-1-6-16(21,12-19)10-15(18)20;/h2-5,21H,1,6,8-12H2,(H2,18,20);1H. The van der Waals surface area contributed by atoms with E-state index in [0.29, 0.717) is 25.3 Å². The number of aliphatic hydroxyl groups is 1. The first-order chi connectivity index (χ1) is 10.5. The number of nitrogens with zero attached hydrogens (tertiary/aromatic N) is 2. The summed E-state index contributed by atoms with van der Waals surface area (Å²) in [6, 6.07) is 9.45. The number of nitrogens with two attached hydrogens (primary N) is 1. The Morgan fingerprint density at radius 1 is 1.43 bits per heavy atom. The Balaban J connectivity index is 0.00000264. The predicted octanol–water partition coefficient (Wildman–Crippen LogP) is 1.41. The van der Waals surface area contributed by atoms with E-state index in [1.807, 2.05) is 30.3 Å². The van der Waals surface area contributed by atoms with E-state index in [0.717, 1.165) is 18.5 Å². The van der Waals surface area contributed by atoms with Crippen molar-refractivity contribution in [2.75, 3.05) is 19.7 Å². The van der Waals surface area contributed by atoms with Gasteiger partial charge in [-0.1, -0.05) is 12.1 Å². The van der Waals surface area contributed by atoms with Crippen LogP contribution in [0.15, 0.2) is 24.3 Å². The van der Waals surface area contributed by atoms with Gasteiger partial charge in [0.25, 0.3) is 0 Å². The van der Waals surface area contributed by atoms with Gasteiger partial charge >= 0.3 is 0 Å². The smallest absolute Gasteiger partial charge is 0.220 e. The number of carbonyl (C=O) groups excluding carboxylic acids is 1. The lowest BCUT2D eigenvalue weighted by Crippen LogP contribution is -2.49. The summed E-state index contributed by atoms with van der Waals surface area (Å²) in [5, 5.41) is 18.9. The second kappa shape index (κ2) is 9.05. The number of hydrogen-bond donors (Lipinski definition) is 2. The van der Waals surface area contributed by atoms with Crippen LogP contribution in [-0.4, -0.2) is 41.2 Å². The van der Waals surface area contributed by atoms with Gasteiger partial charge in [-0.15, -0.1) is 24.0 Å². The fraction of sp³-hybridized carbons (Fsp3) is 0.500. The van der Waals surface area contributed by atoms with E-state index < -0.39 is 11.5 Å². The van der Waals surface area contributed by atoms with Crippen molar-refractivity contribution in [2.24, 2.45) is 5.73 Å². The molecule has 0 radical (unpaired) electrons. The highest BCUT2D eigenvalue weighted by atomic mass is 127. The Kier molecular flexibility index (Phi) is 7.75. The summed E-state index contributed by atoms with van der Waals surface area (Å²) < 4.78 is 5.21. The molecule has 1 unspecified atom stereocenters. The first kappa shape index (κ1) is 19.7. The Morgan fingerprint density at radius 2 is 2.13 bits per heavy atom. The predicted molar refractivity (Wildman–Crippen MR) is 96.2 cm³/mol. The number of likely N-dealkylation sites (tertiary alicyclic amines) is 1. The molecular formula is C16H22IN3O3. The van der Waals surface area contributed by atoms with Gasteiger partial charge in [0, 0.05) is 13.1 Å². The normalized spacial score (nSPS) is 21.0. The third-order valence-electron chi connectivity index (χ3n) is 3.77. The molecule has 1 aliphatic heterocycles. The number of rotatable bonds is 6. The maximum atomic E-state index is 11.1. The molecule has 1 atom stereocenters. The lowest BCUT2D eigenvalue weighted by atomic mass is 9.89. The second-order valence-electron chi connectivity index (χ2n) is 5.77. The number of piperidine rings is 1. The van der Waals surface area contributed by atoms with Crippen LogP contribution in [0.2, 0.25) is 0 Å². The first-order valence-corrected chi connectivity index (χ1v) is 7.32. The third-order valence-corrected chi connectivity index (χ3v) is 3.77. The maximum absolute atomic E-state index is 11.1. The number of amides is 1. The zero-order valence-electron chi connectivity index (χ0n) is 12.9. The number of halogens is 1. The van der Waals surface area contributed by atoms with Crippen molar-refractivity contribution in [3.8, 4) is 11.8 Å². The minimum atomic E-state index is -1.01. The number of β-amino-alcohol motifs (C(OH)–C–C–N with tert-alkyl or cyclic N) is 1. The van der Waals surface area contributed by atoms with Crippen molar-refractivity contribution in [2.45, 2.75) is 31.4 Å². The molecule has 1 heterocycles. The number of hydrogen-bond acceptors (Lipinski definition) is 5. The van der Waals surface area contributed by atoms with Gasteiger partial charge in [0.15, 0.2) is 6.61 Å². The van der Waals surface area contributed by atoms with Gasteiger partial charge in [0.2, 0.25) is 5.91 Å². The largest absolute Gasteiger partial charge is 0.479 e. The fourth-order valence-corrected chi connectivity index (χ4v) is 2.87. The van der Waals surface area contributed by atoms with Gasteiger partial charge < -0.3 is 15.6 Å². The third kappa shape index (κ3) is 6.33. The minimum absolute atomic E-state index is 0. The SMILES string of the molecule is I.N#CCOc1ccc(CN2CCCC(O)(CC(N)=O)C2)cc1. The lowest BCUT2D eigenvalue weighted by Gasteiger charge is -2.38. The van der Waals surface area contributed by atoms with Crippen molar-refractivity contribution in [3.63, 3.8) is 0 Å². The quantitative estimate of drug-likeness (QED) is 0.664. The van der Waals surface area contributed by atoms with E-state index >= 15 is 0 Å². The highest BCUT2D eigenvalue weighted by Crippen LogP contribution is 2.25. The van der Waals surface area contributed by atoms with E-state index in [9.17, 15) is 9.90 Å². The van der Waals surface area contributed by atoms with Crippen LogP contribution >= 0.6 is 24.0 Å². The molecule has 0 bridgehead atoms. The summed E-state index contributed by atoms with van der Waals surface area (Å²) in [5.41, 5.74) is 5.29. The minimum Gasteiger partial charge on any atom is -0.479 e. The van der Waals surface area contributed by atoms with Gasteiger partial charge in [-0.05, 0) is 37.1 Å². The average molecular weight is 431 g/mol. The van der Waals surface area contributed by atoms with Gasteiger partial charge in [0.05, 0.1) is 12.0 Å². The van der Waals surface area contributed by atoms with E-state index in [2.05, 4.69) is 4.90 Å². The van der Waals surface area contributed by atoms with Crippen LogP contribution < -0.4 is 10.5 Å². The van der Waals surface area contributed by atoms with Crippen molar-refractivity contribution in [3.05, 3.63) is 29.8 Å². The molecule has 1 amide bonds. The molecular weight excluding hydrogens is 409 g/mol. The van der Waals surface area contributed by atoms with Crippen LogP contribution in [0.3, 0.4) is 0 Å². The Labute approximate surface area is 153 Å². The van der Waals surface area contributed by atoms with Crippen LogP contribution in [-0.2, 0) is 11.3 Å². The number of primary amides is 1. The van der Waals surface area contributed by atoms with Crippen LogP contribution in [0.4, 0.5) is 0 Å². The summed E-state index contributed by atoms with van der Waals surface area (Å²) in [4.78, 5) is 13.2. The fourth-order valence-electron chi connectivity index (χ4n) is 2.87. The summed E-state index contributed by atoms with van der Waals surface area (Å²) >= 11 is 0. The van der Waals surface area contributed by atoms with Crippen LogP contribution in [0.5, 0.6) is 5.75 Å². The lowest BCUT2D eigenvalue weighted by molar-refractivity contribution is -0.125. The molecule has 1 aromatic rings. The second-order valence-corrected chi connectivity index (χ2v) is 5.77.